The van der Waals surface area contributed by atoms with Gasteiger partial charge >= 0.3 is 0 Å². The number of rotatable bonds is 7. The van der Waals surface area contributed by atoms with E-state index >= 15 is 0 Å². The van der Waals surface area contributed by atoms with Gasteiger partial charge in [0.15, 0.2) is 5.78 Å². The molecular weight excluding hydrogens is 512 g/mol. The first-order valence-corrected chi connectivity index (χ1v) is 12.5. The van der Waals surface area contributed by atoms with Crippen molar-refractivity contribution in [1.82, 2.24) is 9.78 Å². The average Bonchev–Trinajstić information content (AvgIpc) is 3.33. The normalized spacial score (nSPS) is 10.6. The molecule has 0 spiro atoms. The second kappa shape index (κ2) is 11.2. The Morgan fingerprint density at radius 1 is 0.692 bits per heavy atom. The Bertz CT molecular complexity index is 1660. The number of halogens is 1. The van der Waals surface area contributed by atoms with Crippen LogP contribution in [-0.2, 0) is 7.05 Å². The third-order valence-electron chi connectivity index (χ3n) is 6.12. The highest BCUT2D eigenvalue weighted by Crippen LogP contribution is 2.24. The fourth-order valence-corrected chi connectivity index (χ4v) is 4.23. The van der Waals surface area contributed by atoms with Crippen molar-refractivity contribution in [2.75, 3.05) is 10.6 Å². The number of anilines is 2. The van der Waals surface area contributed by atoms with Crippen LogP contribution in [-0.4, -0.2) is 27.4 Å². The third kappa shape index (κ3) is 5.79. The summed E-state index contributed by atoms with van der Waals surface area (Å²) in [4.78, 5) is 38.0. The molecule has 0 aliphatic carbocycles. The lowest BCUT2D eigenvalue weighted by molar-refractivity contribution is 0.101. The van der Waals surface area contributed by atoms with Gasteiger partial charge < -0.3 is 10.6 Å². The Balaban J connectivity index is 1.24. The second-order valence-electron chi connectivity index (χ2n) is 8.78. The zero-order chi connectivity index (χ0) is 27.4. The van der Waals surface area contributed by atoms with Crippen molar-refractivity contribution in [2.45, 2.75) is 0 Å². The van der Waals surface area contributed by atoms with Gasteiger partial charge in [-0.25, -0.2) is 0 Å². The van der Waals surface area contributed by atoms with Gasteiger partial charge in [0.05, 0.1) is 16.3 Å². The maximum absolute atomic E-state index is 12.9. The van der Waals surface area contributed by atoms with Gasteiger partial charge in [-0.3, -0.25) is 19.1 Å². The van der Waals surface area contributed by atoms with Crippen molar-refractivity contribution in [1.29, 1.82) is 0 Å². The van der Waals surface area contributed by atoms with E-state index in [4.69, 9.17) is 11.6 Å². The van der Waals surface area contributed by atoms with Crippen molar-refractivity contribution in [3.8, 4) is 11.3 Å². The predicted octanol–water partition coefficient (Wildman–Crippen LogP) is 6.48. The first kappa shape index (κ1) is 25.6. The van der Waals surface area contributed by atoms with Crippen molar-refractivity contribution in [3.05, 3.63) is 136 Å². The molecule has 0 aliphatic heterocycles. The van der Waals surface area contributed by atoms with E-state index in [1.165, 1.54) is 0 Å². The van der Waals surface area contributed by atoms with Gasteiger partial charge in [0.25, 0.3) is 11.8 Å². The van der Waals surface area contributed by atoms with Gasteiger partial charge in [0.1, 0.15) is 5.82 Å². The summed E-state index contributed by atoms with van der Waals surface area (Å²) < 4.78 is 1.58. The quantitative estimate of drug-likeness (QED) is 0.234. The largest absolute Gasteiger partial charge is 0.322 e. The minimum Gasteiger partial charge on any atom is -0.322 e. The summed E-state index contributed by atoms with van der Waals surface area (Å²) >= 11 is 6.11. The average molecular weight is 535 g/mol. The summed E-state index contributed by atoms with van der Waals surface area (Å²) in [5.41, 5.74) is 3.99. The van der Waals surface area contributed by atoms with Crippen LogP contribution in [0.5, 0.6) is 0 Å². The van der Waals surface area contributed by atoms with Crippen LogP contribution in [0.1, 0.15) is 36.6 Å². The van der Waals surface area contributed by atoms with Crippen molar-refractivity contribution >= 4 is 40.7 Å². The molecule has 5 rings (SSSR count). The van der Waals surface area contributed by atoms with Crippen LogP contribution in [0.15, 0.2) is 109 Å². The zero-order valence-corrected chi connectivity index (χ0v) is 21.6. The van der Waals surface area contributed by atoms with E-state index in [9.17, 15) is 14.4 Å². The maximum Gasteiger partial charge on any atom is 0.257 e. The van der Waals surface area contributed by atoms with Crippen LogP contribution in [0.2, 0.25) is 5.02 Å². The van der Waals surface area contributed by atoms with E-state index in [1.807, 2.05) is 30.3 Å². The van der Waals surface area contributed by atoms with E-state index in [0.29, 0.717) is 44.5 Å². The number of hydrogen-bond acceptors (Lipinski definition) is 4. The number of benzene rings is 4. The number of aromatic nitrogens is 2. The molecule has 0 unspecified atom stereocenters. The lowest BCUT2D eigenvalue weighted by Crippen LogP contribution is -2.14. The zero-order valence-electron chi connectivity index (χ0n) is 20.9. The summed E-state index contributed by atoms with van der Waals surface area (Å²) in [5.74, 6) is -0.210. The molecule has 0 bridgehead atoms. The molecule has 192 valence electrons. The molecule has 2 N–H and O–H groups in total. The van der Waals surface area contributed by atoms with E-state index < -0.39 is 0 Å². The lowest BCUT2D eigenvalue weighted by atomic mass is 10.0. The molecule has 1 heterocycles. The number of amides is 2. The second-order valence-corrected chi connectivity index (χ2v) is 9.18. The number of carbonyl (C=O) groups is 3. The minimum atomic E-state index is -0.319. The van der Waals surface area contributed by atoms with Crippen LogP contribution in [0.4, 0.5) is 11.5 Å². The molecule has 0 atom stereocenters. The maximum atomic E-state index is 12.9. The van der Waals surface area contributed by atoms with E-state index in [1.54, 1.807) is 90.6 Å². The van der Waals surface area contributed by atoms with E-state index in [0.717, 1.165) is 5.56 Å². The molecule has 4 aromatic carbocycles. The molecule has 2 amide bonds. The molecule has 0 radical (unpaired) electrons. The number of carbonyl (C=O) groups excluding carboxylic acids is 3. The summed E-state index contributed by atoms with van der Waals surface area (Å²) in [6.07, 6.45) is 0. The van der Waals surface area contributed by atoms with Crippen LogP contribution in [0.3, 0.4) is 0 Å². The number of aryl methyl sites for hydroxylation is 1. The number of hydrogen-bond donors (Lipinski definition) is 2. The van der Waals surface area contributed by atoms with Crippen molar-refractivity contribution in [2.24, 2.45) is 7.05 Å². The van der Waals surface area contributed by atoms with Gasteiger partial charge in [-0.15, -0.1) is 0 Å². The van der Waals surface area contributed by atoms with Crippen LogP contribution < -0.4 is 10.6 Å². The highest BCUT2D eigenvalue weighted by Gasteiger charge is 2.15. The Kier molecular flexibility index (Phi) is 7.34. The SMILES string of the molecule is Cn1nc(-c2ccc(NC(=O)c3ccccc3Cl)cc2)cc1NC(=O)c1ccc(C(=O)c2ccccc2)cc1. The van der Waals surface area contributed by atoms with Crippen LogP contribution >= 0.6 is 11.6 Å². The van der Waals surface area contributed by atoms with Gasteiger partial charge in [-0.05, 0) is 36.4 Å². The molecule has 0 saturated heterocycles. The van der Waals surface area contributed by atoms with Crippen LogP contribution in [0.25, 0.3) is 11.3 Å². The first-order chi connectivity index (χ1) is 18.9. The Morgan fingerprint density at radius 2 is 1.31 bits per heavy atom. The lowest BCUT2D eigenvalue weighted by Gasteiger charge is -2.07. The standard InChI is InChI=1S/C31H23ClN4O3/c1-36-28(34-30(38)23-13-11-22(12-14-23)29(37)21-7-3-2-4-8-21)19-27(35-36)20-15-17-24(18-16-20)33-31(39)25-9-5-6-10-26(25)32/h2-19H,1H3,(H,33,39)(H,34,38). The summed E-state index contributed by atoms with van der Waals surface area (Å²) in [7, 11) is 1.74. The number of ketones is 1. The van der Waals surface area contributed by atoms with Gasteiger partial charge in [-0.1, -0.05) is 78.3 Å². The van der Waals surface area contributed by atoms with Gasteiger partial charge in [-0.2, -0.15) is 5.10 Å². The summed E-state index contributed by atoms with van der Waals surface area (Å²) in [6, 6.07) is 31.3. The minimum absolute atomic E-state index is 0.103. The van der Waals surface area contributed by atoms with Crippen LogP contribution in [0, 0.1) is 0 Å². The Labute approximate surface area is 230 Å². The van der Waals surface area contributed by atoms with E-state index in [-0.39, 0.29) is 17.6 Å². The smallest absolute Gasteiger partial charge is 0.257 e. The number of nitrogens with one attached hydrogen (secondary N) is 2. The van der Waals surface area contributed by atoms with Crippen molar-refractivity contribution < 1.29 is 14.4 Å². The molecular formula is C31H23ClN4O3. The van der Waals surface area contributed by atoms with Gasteiger partial charge in [0.2, 0.25) is 0 Å². The molecule has 0 saturated carbocycles. The van der Waals surface area contributed by atoms with E-state index in [2.05, 4.69) is 15.7 Å². The molecule has 5 aromatic rings. The topological polar surface area (TPSA) is 93.1 Å². The molecule has 1 aromatic heterocycles. The Morgan fingerprint density at radius 3 is 2.00 bits per heavy atom. The molecule has 0 fully saturated rings. The monoisotopic (exact) mass is 534 g/mol. The predicted molar refractivity (Wildman–Crippen MR) is 152 cm³/mol. The highest BCUT2D eigenvalue weighted by atomic mass is 35.5. The van der Waals surface area contributed by atoms with Crippen molar-refractivity contribution in [3.63, 3.8) is 0 Å². The van der Waals surface area contributed by atoms with Gasteiger partial charge in [0, 0.05) is 41.1 Å². The Hall–Kier alpha value is -5.01. The molecule has 8 heteroatoms. The third-order valence-corrected chi connectivity index (χ3v) is 6.45. The molecule has 7 nitrogen and oxygen atoms in total. The summed E-state index contributed by atoms with van der Waals surface area (Å²) in [5, 5.41) is 10.6. The summed E-state index contributed by atoms with van der Waals surface area (Å²) in [6.45, 7) is 0. The fraction of sp³-hybridized carbons (Fsp3) is 0.0323. The molecule has 39 heavy (non-hydrogen) atoms. The highest BCUT2D eigenvalue weighted by molar-refractivity contribution is 6.34. The molecule has 0 aliphatic rings. The first-order valence-electron chi connectivity index (χ1n) is 12.1. The fourth-order valence-electron chi connectivity index (χ4n) is 4.01. The number of nitrogens with zero attached hydrogens (tertiary/aromatic N) is 2.